The van der Waals surface area contributed by atoms with Crippen molar-refractivity contribution in [3.8, 4) is 0 Å². The SMILES string of the molecule is CON(C)C(=O)[C@H]1CCCN(C)C1. The second-order valence-corrected chi connectivity index (χ2v) is 3.62. The van der Waals surface area contributed by atoms with Crippen molar-refractivity contribution < 1.29 is 9.63 Å². The van der Waals surface area contributed by atoms with E-state index in [1.807, 2.05) is 7.05 Å². The molecule has 0 N–H and O–H groups in total. The predicted molar refractivity (Wildman–Crippen MR) is 50.0 cm³/mol. The number of carbonyl (C=O) groups is 1. The predicted octanol–water partition coefficient (Wildman–Crippen LogP) is 0.348. The first-order chi connectivity index (χ1) is 6.15. The van der Waals surface area contributed by atoms with Crippen molar-refractivity contribution in [3.05, 3.63) is 0 Å². The van der Waals surface area contributed by atoms with Crippen LogP contribution in [0.3, 0.4) is 0 Å². The van der Waals surface area contributed by atoms with Crippen molar-refractivity contribution in [1.82, 2.24) is 9.96 Å². The normalized spacial score (nSPS) is 24.4. The minimum Gasteiger partial charge on any atom is -0.306 e. The molecule has 1 amide bonds. The van der Waals surface area contributed by atoms with Gasteiger partial charge in [0.1, 0.15) is 0 Å². The molecule has 0 radical (unpaired) electrons. The van der Waals surface area contributed by atoms with Crippen LogP contribution in [0, 0.1) is 5.92 Å². The Balaban J connectivity index is 2.46. The first-order valence-corrected chi connectivity index (χ1v) is 4.65. The van der Waals surface area contributed by atoms with E-state index in [1.54, 1.807) is 7.05 Å². The Morgan fingerprint density at radius 1 is 1.62 bits per heavy atom. The van der Waals surface area contributed by atoms with E-state index in [0.29, 0.717) is 0 Å². The van der Waals surface area contributed by atoms with Crippen molar-refractivity contribution in [3.63, 3.8) is 0 Å². The number of piperidine rings is 1. The first-order valence-electron chi connectivity index (χ1n) is 4.65. The van der Waals surface area contributed by atoms with E-state index in [9.17, 15) is 4.79 Å². The lowest BCUT2D eigenvalue weighted by Crippen LogP contribution is -2.41. The lowest BCUT2D eigenvalue weighted by molar-refractivity contribution is -0.174. The largest absolute Gasteiger partial charge is 0.306 e. The molecule has 0 aromatic carbocycles. The zero-order valence-electron chi connectivity index (χ0n) is 8.62. The van der Waals surface area contributed by atoms with E-state index in [0.717, 1.165) is 25.9 Å². The van der Waals surface area contributed by atoms with Gasteiger partial charge < -0.3 is 4.90 Å². The van der Waals surface area contributed by atoms with E-state index in [-0.39, 0.29) is 11.8 Å². The third-order valence-electron chi connectivity index (χ3n) is 2.56. The molecule has 1 fully saturated rings. The highest BCUT2D eigenvalue weighted by molar-refractivity contribution is 5.77. The molecule has 0 spiro atoms. The fourth-order valence-corrected chi connectivity index (χ4v) is 1.72. The van der Waals surface area contributed by atoms with Crippen LogP contribution in [0.15, 0.2) is 0 Å². The van der Waals surface area contributed by atoms with Gasteiger partial charge in [-0.25, -0.2) is 5.06 Å². The zero-order valence-corrected chi connectivity index (χ0v) is 8.62. The minimum atomic E-state index is 0.0917. The van der Waals surface area contributed by atoms with E-state index < -0.39 is 0 Å². The van der Waals surface area contributed by atoms with Crippen molar-refractivity contribution in [2.75, 3.05) is 34.3 Å². The molecule has 13 heavy (non-hydrogen) atoms. The number of hydrogen-bond acceptors (Lipinski definition) is 3. The van der Waals surface area contributed by atoms with Gasteiger partial charge in [0.25, 0.3) is 0 Å². The van der Waals surface area contributed by atoms with E-state index >= 15 is 0 Å². The summed E-state index contributed by atoms with van der Waals surface area (Å²) in [6.07, 6.45) is 2.08. The van der Waals surface area contributed by atoms with Gasteiger partial charge in [0.05, 0.1) is 13.0 Å². The van der Waals surface area contributed by atoms with Gasteiger partial charge >= 0.3 is 0 Å². The van der Waals surface area contributed by atoms with Crippen LogP contribution in [-0.2, 0) is 9.63 Å². The summed E-state index contributed by atoms with van der Waals surface area (Å²) >= 11 is 0. The second kappa shape index (κ2) is 4.58. The molecule has 1 saturated heterocycles. The average Bonchev–Trinajstić information content (AvgIpc) is 2.15. The molecule has 0 unspecified atom stereocenters. The van der Waals surface area contributed by atoms with E-state index in [1.165, 1.54) is 12.2 Å². The summed E-state index contributed by atoms with van der Waals surface area (Å²) in [6.45, 7) is 1.95. The lowest BCUT2D eigenvalue weighted by Gasteiger charge is -2.30. The topological polar surface area (TPSA) is 32.8 Å². The van der Waals surface area contributed by atoms with Crippen molar-refractivity contribution >= 4 is 5.91 Å². The zero-order chi connectivity index (χ0) is 9.84. The standard InChI is InChI=1S/C9H18N2O2/c1-10-6-4-5-8(7-10)9(12)11(2)13-3/h8H,4-7H2,1-3H3/t8-/m0/s1. The fraction of sp³-hybridized carbons (Fsp3) is 0.889. The number of amides is 1. The number of rotatable bonds is 2. The summed E-state index contributed by atoms with van der Waals surface area (Å²) in [6, 6.07) is 0. The Hall–Kier alpha value is -0.610. The molecule has 0 aromatic rings. The molecule has 1 rings (SSSR count). The Kier molecular flexibility index (Phi) is 3.69. The maximum absolute atomic E-state index is 11.6. The van der Waals surface area contributed by atoms with Crippen LogP contribution in [-0.4, -0.2) is 50.2 Å². The van der Waals surface area contributed by atoms with Crippen LogP contribution in [0.5, 0.6) is 0 Å². The van der Waals surface area contributed by atoms with Crippen LogP contribution in [0.25, 0.3) is 0 Å². The fourth-order valence-electron chi connectivity index (χ4n) is 1.72. The summed E-state index contributed by atoms with van der Waals surface area (Å²) in [4.78, 5) is 18.7. The molecule has 0 aromatic heterocycles. The number of hydrogen-bond donors (Lipinski definition) is 0. The Labute approximate surface area is 79.4 Å². The Bertz CT molecular complexity index is 184. The minimum absolute atomic E-state index is 0.0917. The van der Waals surface area contributed by atoms with Gasteiger partial charge in [-0.1, -0.05) is 0 Å². The summed E-state index contributed by atoms with van der Waals surface area (Å²) in [5.41, 5.74) is 0. The number of hydroxylamine groups is 2. The summed E-state index contributed by atoms with van der Waals surface area (Å²) < 4.78 is 0. The Morgan fingerprint density at radius 3 is 2.85 bits per heavy atom. The molecule has 0 bridgehead atoms. The van der Waals surface area contributed by atoms with E-state index in [2.05, 4.69) is 4.90 Å². The van der Waals surface area contributed by atoms with Crippen LogP contribution < -0.4 is 0 Å². The molecule has 4 nitrogen and oxygen atoms in total. The monoisotopic (exact) mass is 186 g/mol. The van der Waals surface area contributed by atoms with Gasteiger partial charge in [-0.3, -0.25) is 9.63 Å². The number of carbonyl (C=O) groups excluding carboxylic acids is 1. The van der Waals surface area contributed by atoms with Gasteiger partial charge in [0, 0.05) is 13.6 Å². The van der Waals surface area contributed by atoms with Gasteiger partial charge in [-0.15, -0.1) is 0 Å². The van der Waals surface area contributed by atoms with Crippen LogP contribution in [0.4, 0.5) is 0 Å². The van der Waals surface area contributed by atoms with Crippen molar-refractivity contribution in [2.45, 2.75) is 12.8 Å². The molecule has 1 aliphatic rings. The number of likely N-dealkylation sites (tertiary alicyclic amines) is 1. The highest BCUT2D eigenvalue weighted by Crippen LogP contribution is 2.16. The molecule has 4 heteroatoms. The third kappa shape index (κ3) is 2.67. The van der Waals surface area contributed by atoms with Crippen LogP contribution in [0.2, 0.25) is 0 Å². The molecule has 0 saturated carbocycles. The molecule has 1 atom stereocenters. The summed E-state index contributed by atoms with van der Waals surface area (Å²) in [7, 11) is 5.23. The maximum Gasteiger partial charge on any atom is 0.250 e. The third-order valence-corrected chi connectivity index (χ3v) is 2.56. The lowest BCUT2D eigenvalue weighted by atomic mass is 9.98. The second-order valence-electron chi connectivity index (χ2n) is 3.62. The summed E-state index contributed by atoms with van der Waals surface area (Å²) in [5, 5.41) is 1.32. The van der Waals surface area contributed by atoms with Gasteiger partial charge in [-0.2, -0.15) is 0 Å². The summed E-state index contributed by atoms with van der Waals surface area (Å²) in [5.74, 6) is 0.206. The molecular formula is C9H18N2O2. The maximum atomic E-state index is 11.6. The van der Waals surface area contributed by atoms with Crippen LogP contribution in [0.1, 0.15) is 12.8 Å². The molecule has 76 valence electrons. The van der Waals surface area contributed by atoms with Gasteiger partial charge in [-0.05, 0) is 26.4 Å². The molecular weight excluding hydrogens is 168 g/mol. The number of nitrogens with zero attached hydrogens (tertiary/aromatic N) is 2. The quantitative estimate of drug-likeness (QED) is 0.583. The molecule has 1 aliphatic heterocycles. The smallest absolute Gasteiger partial charge is 0.250 e. The van der Waals surface area contributed by atoms with Crippen LogP contribution >= 0.6 is 0 Å². The highest BCUT2D eigenvalue weighted by atomic mass is 16.7. The highest BCUT2D eigenvalue weighted by Gasteiger charge is 2.26. The average molecular weight is 186 g/mol. The van der Waals surface area contributed by atoms with Crippen molar-refractivity contribution in [1.29, 1.82) is 0 Å². The molecule has 1 heterocycles. The van der Waals surface area contributed by atoms with Gasteiger partial charge in [0.2, 0.25) is 5.91 Å². The van der Waals surface area contributed by atoms with E-state index in [4.69, 9.17) is 4.84 Å². The van der Waals surface area contributed by atoms with Crippen molar-refractivity contribution in [2.24, 2.45) is 5.92 Å². The first kappa shape index (κ1) is 10.5. The molecule has 0 aliphatic carbocycles. The Morgan fingerprint density at radius 2 is 2.31 bits per heavy atom. The van der Waals surface area contributed by atoms with Gasteiger partial charge in [0.15, 0.2) is 0 Å².